The molecular weight excluding hydrogens is 248 g/mol. The first-order chi connectivity index (χ1) is 9.49. The summed E-state index contributed by atoms with van der Waals surface area (Å²) in [6.45, 7) is 7.32. The van der Waals surface area contributed by atoms with Crippen molar-refractivity contribution in [2.24, 2.45) is 5.92 Å². The van der Waals surface area contributed by atoms with Gasteiger partial charge >= 0.3 is 0 Å². The van der Waals surface area contributed by atoms with E-state index in [0.717, 1.165) is 30.1 Å². The second-order valence-electron chi connectivity index (χ2n) is 6.01. The summed E-state index contributed by atoms with van der Waals surface area (Å²) in [5.74, 6) is 1.11. The Morgan fingerprint density at radius 1 is 1.15 bits per heavy atom. The van der Waals surface area contributed by atoms with Gasteiger partial charge in [0.1, 0.15) is 0 Å². The molecule has 3 N–H and O–H groups in total. The number of nitrogens with two attached hydrogens (primary N) is 1. The highest BCUT2D eigenvalue weighted by Crippen LogP contribution is 2.19. The minimum atomic E-state index is 0.138. The Hall–Kier alpha value is -1.51. The highest BCUT2D eigenvalue weighted by Gasteiger charge is 2.10. The van der Waals surface area contributed by atoms with E-state index in [0.29, 0.717) is 6.42 Å². The van der Waals surface area contributed by atoms with Crippen molar-refractivity contribution in [1.29, 1.82) is 0 Å². The van der Waals surface area contributed by atoms with Crippen LogP contribution in [0.4, 0.5) is 5.69 Å². The zero-order chi connectivity index (χ0) is 15.0. The molecule has 3 nitrogen and oxygen atoms in total. The van der Waals surface area contributed by atoms with Crippen LogP contribution in [0.2, 0.25) is 0 Å². The fourth-order valence-electron chi connectivity index (χ4n) is 2.20. The number of carbonyl (C=O) groups excluding carboxylic acids is 1. The highest BCUT2D eigenvalue weighted by molar-refractivity contribution is 5.76. The van der Waals surface area contributed by atoms with Crippen molar-refractivity contribution in [3.8, 4) is 0 Å². The van der Waals surface area contributed by atoms with Gasteiger partial charge in [0.25, 0.3) is 0 Å². The van der Waals surface area contributed by atoms with E-state index in [1.54, 1.807) is 0 Å². The lowest BCUT2D eigenvalue weighted by Gasteiger charge is -2.12. The standard InChI is InChI=1S/C17H28N2O/c1-13(2)6-4-5-11-19-17(20)12-14(3)15-7-9-16(18)10-8-15/h7-10,13-14H,4-6,11-12,18H2,1-3H3,(H,19,20). The van der Waals surface area contributed by atoms with Gasteiger partial charge in [0, 0.05) is 18.7 Å². The normalized spacial score (nSPS) is 12.4. The van der Waals surface area contributed by atoms with Crippen molar-refractivity contribution in [2.45, 2.75) is 52.4 Å². The quantitative estimate of drug-likeness (QED) is 0.562. The third kappa shape index (κ3) is 6.60. The second kappa shape index (κ2) is 8.62. The Bertz CT molecular complexity index is 398. The summed E-state index contributed by atoms with van der Waals surface area (Å²) in [4.78, 5) is 11.9. The van der Waals surface area contributed by atoms with Gasteiger partial charge in [-0.3, -0.25) is 4.79 Å². The van der Waals surface area contributed by atoms with Crippen molar-refractivity contribution < 1.29 is 4.79 Å². The van der Waals surface area contributed by atoms with E-state index in [2.05, 4.69) is 26.1 Å². The van der Waals surface area contributed by atoms with Crippen LogP contribution < -0.4 is 11.1 Å². The Kier molecular flexibility index (Phi) is 7.13. The SMILES string of the molecule is CC(C)CCCCNC(=O)CC(C)c1ccc(N)cc1. The molecular formula is C17H28N2O. The third-order valence-electron chi connectivity index (χ3n) is 3.53. The molecule has 0 bridgehead atoms. The van der Waals surface area contributed by atoms with Crippen LogP contribution in [0.15, 0.2) is 24.3 Å². The highest BCUT2D eigenvalue weighted by atomic mass is 16.1. The maximum Gasteiger partial charge on any atom is 0.220 e. The Balaban J connectivity index is 2.23. The number of benzene rings is 1. The molecule has 0 spiro atoms. The number of hydrogen-bond acceptors (Lipinski definition) is 2. The Morgan fingerprint density at radius 2 is 1.80 bits per heavy atom. The summed E-state index contributed by atoms with van der Waals surface area (Å²) in [6.07, 6.45) is 4.03. The number of anilines is 1. The first kappa shape index (κ1) is 16.5. The summed E-state index contributed by atoms with van der Waals surface area (Å²) in [6, 6.07) is 7.76. The Morgan fingerprint density at radius 3 is 2.40 bits per heavy atom. The van der Waals surface area contributed by atoms with Crippen molar-refractivity contribution in [2.75, 3.05) is 12.3 Å². The molecule has 0 aliphatic carbocycles. The molecule has 1 atom stereocenters. The summed E-state index contributed by atoms with van der Waals surface area (Å²) >= 11 is 0. The molecule has 3 heteroatoms. The average Bonchev–Trinajstić information content (AvgIpc) is 2.38. The van der Waals surface area contributed by atoms with E-state index in [4.69, 9.17) is 5.73 Å². The molecule has 0 radical (unpaired) electrons. The van der Waals surface area contributed by atoms with E-state index in [1.807, 2.05) is 24.3 Å². The van der Waals surface area contributed by atoms with Crippen LogP contribution in [0.3, 0.4) is 0 Å². The van der Waals surface area contributed by atoms with Gasteiger partial charge in [-0.2, -0.15) is 0 Å². The Labute approximate surface area is 122 Å². The largest absolute Gasteiger partial charge is 0.399 e. The van der Waals surface area contributed by atoms with Crippen molar-refractivity contribution >= 4 is 11.6 Å². The van der Waals surface area contributed by atoms with E-state index < -0.39 is 0 Å². The monoisotopic (exact) mass is 276 g/mol. The summed E-state index contributed by atoms with van der Waals surface area (Å²) in [7, 11) is 0. The van der Waals surface area contributed by atoms with Gasteiger partial charge in [-0.15, -0.1) is 0 Å². The molecule has 0 saturated carbocycles. The molecule has 20 heavy (non-hydrogen) atoms. The van der Waals surface area contributed by atoms with Gasteiger partial charge in [0.15, 0.2) is 0 Å². The number of nitrogens with one attached hydrogen (secondary N) is 1. The lowest BCUT2D eigenvalue weighted by molar-refractivity contribution is -0.121. The smallest absolute Gasteiger partial charge is 0.220 e. The maximum atomic E-state index is 11.9. The van der Waals surface area contributed by atoms with Crippen LogP contribution in [-0.2, 0) is 4.79 Å². The topological polar surface area (TPSA) is 55.1 Å². The first-order valence-electron chi connectivity index (χ1n) is 7.61. The minimum absolute atomic E-state index is 0.138. The molecule has 112 valence electrons. The molecule has 0 fully saturated rings. The molecule has 0 heterocycles. The van der Waals surface area contributed by atoms with Gasteiger partial charge < -0.3 is 11.1 Å². The molecule has 1 aromatic rings. The van der Waals surface area contributed by atoms with Crippen LogP contribution in [-0.4, -0.2) is 12.5 Å². The molecule has 0 aliphatic heterocycles. The second-order valence-corrected chi connectivity index (χ2v) is 6.01. The number of rotatable bonds is 8. The summed E-state index contributed by atoms with van der Waals surface area (Å²) in [5.41, 5.74) is 7.59. The van der Waals surface area contributed by atoms with E-state index in [-0.39, 0.29) is 11.8 Å². The lowest BCUT2D eigenvalue weighted by atomic mass is 9.97. The van der Waals surface area contributed by atoms with Crippen LogP contribution in [0.5, 0.6) is 0 Å². The van der Waals surface area contributed by atoms with Crippen molar-refractivity contribution in [3.05, 3.63) is 29.8 Å². The van der Waals surface area contributed by atoms with E-state index >= 15 is 0 Å². The van der Waals surface area contributed by atoms with Gasteiger partial charge in [-0.25, -0.2) is 0 Å². The predicted octanol–water partition coefficient (Wildman–Crippen LogP) is 3.70. The van der Waals surface area contributed by atoms with Gasteiger partial charge in [-0.1, -0.05) is 45.7 Å². The molecule has 0 aromatic heterocycles. The van der Waals surface area contributed by atoms with Crippen molar-refractivity contribution in [3.63, 3.8) is 0 Å². The number of amides is 1. The number of carbonyl (C=O) groups is 1. The number of nitrogen functional groups attached to an aromatic ring is 1. The van der Waals surface area contributed by atoms with Gasteiger partial charge in [0.2, 0.25) is 5.91 Å². The van der Waals surface area contributed by atoms with Crippen LogP contribution in [0.25, 0.3) is 0 Å². The van der Waals surface area contributed by atoms with E-state index in [9.17, 15) is 4.79 Å². The summed E-state index contributed by atoms with van der Waals surface area (Å²) in [5, 5.41) is 3.00. The summed E-state index contributed by atoms with van der Waals surface area (Å²) < 4.78 is 0. The fourth-order valence-corrected chi connectivity index (χ4v) is 2.20. The number of unbranched alkanes of at least 4 members (excludes halogenated alkanes) is 1. The van der Waals surface area contributed by atoms with Crippen molar-refractivity contribution in [1.82, 2.24) is 5.32 Å². The third-order valence-corrected chi connectivity index (χ3v) is 3.53. The molecule has 1 unspecified atom stereocenters. The molecule has 0 aliphatic rings. The molecule has 1 aromatic carbocycles. The predicted molar refractivity (Wildman–Crippen MR) is 85.6 cm³/mol. The zero-order valence-corrected chi connectivity index (χ0v) is 13.0. The first-order valence-corrected chi connectivity index (χ1v) is 7.61. The van der Waals surface area contributed by atoms with Crippen LogP contribution in [0, 0.1) is 5.92 Å². The minimum Gasteiger partial charge on any atom is -0.399 e. The lowest BCUT2D eigenvalue weighted by Crippen LogP contribution is -2.25. The number of hydrogen-bond donors (Lipinski definition) is 2. The maximum absolute atomic E-state index is 11.9. The molecule has 1 amide bonds. The van der Waals surface area contributed by atoms with Crippen LogP contribution >= 0.6 is 0 Å². The van der Waals surface area contributed by atoms with E-state index in [1.165, 1.54) is 12.8 Å². The van der Waals surface area contributed by atoms with Crippen LogP contribution in [0.1, 0.15) is 57.9 Å². The van der Waals surface area contributed by atoms with Gasteiger partial charge in [-0.05, 0) is 36.0 Å². The fraction of sp³-hybridized carbons (Fsp3) is 0.588. The van der Waals surface area contributed by atoms with Gasteiger partial charge in [0.05, 0.1) is 0 Å². The zero-order valence-electron chi connectivity index (χ0n) is 13.0. The average molecular weight is 276 g/mol. The molecule has 1 rings (SSSR count). The molecule has 0 saturated heterocycles.